The number of ether oxygens (including phenoxy) is 4. The van der Waals surface area contributed by atoms with E-state index < -0.39 is 97.5 Å². The summed E-state index contributed by atoms with van der Waals surface area (Å²) in [5, 5.41) is 10.6. The SMILES string of the molecule is CCCCCCCCCCCC(=O)O[C@H](COC(=O)CCCCCCCCC)COP(=O)(O)OC[C@H](O)COP(=O)(O)OC[C@@H](COC(=O)CCCCCCCCCCCCCCC(C)C)OC(=O)CCCCCCCCCCCCCCCCC(C)C. The lowest BCUT2D eigenvalue weighted by Crippen LogP contribution is -2.30. The summed E-state index contributed by atoms with van der Waals surface area (Å²) in [6, 6.07) is 0. The predicted octanol–water partition coefficient (Wildman–Crippen LogP) is 19.6. The molecule has 0 saturated heterocycles. The van der Waals surface area contributed by atoms with E-state index in [9.17, 15) is 43.2 Å². The molecule has 0 amide bonds. The highest BCUT2D eigenvalue weighted by Crippen LogP contribution is 2.45. The van der Waals surface area contributed by atoms with Crippen LogP contribution in [0.15, 0.2) is 0 Å². The van der Waals surface area contributed by atoms with Gasteiger partial charge in [-0.1, -0.05) is 298 Å². The summed E-state index contributed by atoms with van der Waals surface area (Å²) in [5.41, 5.74) is 0. The Morgan fingerprint density at radius 2 is 0.523 bits per heavy atom. The molecule has 0 aliphatic carbocycles. The Hall–Kier alpha value is -1.94. The molecule has 0 aromatic heterocycles. The number of aliphatic hydroxyl groups is 1. The molecule has 0 bridgehead atoms. The van der Waals surface area contributed by atoms with Gasteiger partial charge >= 0.3 is 39.5 Å². The monoisotopic (exact) mass is 1300 g/mol. The van der Waals surface area contributed by atoms with Crippen molar-refractivity contribution in [3.63, 3.8) is 0 Å². The summed E-state index contributed by atoms with van der Waals surface area (Å²) in [6.07, 6.45) is 45.9. The Kier molecular flexibility index (Phi) is 59.9. The van der Waals surface area contributed by atoms with Gasteiger partial charge in [0.25, 0.3) is 0 Å². The first-order chi connectivity index (χ1) is 42.4. The summed E-state index contributed by atoms with van der Waals surface area (Å²) in [5.74, 6) is -0.554. The van der Waals surface area contributed by atoms with Crippen LogP contribution in [0.2, 0.25) is 0 Å². The molecule has 0 spiro atoms. The van der Waals surface area contributed by atoms with Gasteiger partial charge in [0.15, 0.2) is 12.2 Å². The number of esters is 4. The number of aliphatic hydroxyl groups excluding tert-OH is 1. The fourth-order valence-electron chi connectivity index (χ4n) is 10.4. The summed E-state index contributed by atoms with van der Waals surface area (Å²) in [4.78, 5) is 72.3. The highest BCUT2D eigenvalue weighted by atomic mass is 31.2. The van der Waals surface area contributed by atoms with Crippen molar-refractivity contribution in [3.05, 3.63) is 0 Å². The fraction of sp³-hybridized carbons (Fsp3) is 0.942. The normalized spacial score (nSPS) is 14.2. The van der Waals surface area contributed by atoms with Gasteiger partial charge in [-0.25, -0.2) is 9.13 Å². The molecular weight excluding hydrogens is 1160 g/mol. The maximum Gasteiger partial charge on any atom is 0.472 e. The van der Waals surface area contributed by atoms with Crippen LogP contribution in [0.25, 0.3) is 0 Å². The molecule has 0 aliphatic heterocycles. The van der Waals surface area contributed by atoms with Crippen LogP contribution in [-0.4, -0.2) is 96.7 Å². The molecule has 2 unspecified atom stereocenters. The number of carbonyl (C=O) groups is 4. The van der Waals surface area contributed by atoms with Gasteiger partial charge in [-0.05, 0) is 37.5 Å². The van der Waals surface area contributed by atoms with Gasteiger partial charge in [0, 0.05) is 25.7 Å². The molecule has 3 N–H and O–H groups in total. The van der Waals surface area contributed by atoms with Crippen LogP contribution in [0.5, 0.6) is 0 Å². The zero-order valence-electron chi connectivity index (χ0n) is 57.0. The summed E-state index contributed by atoms with van der Waals surface area (Å²) in [6.45, 7) is 9.52. The average molecular weight is 1300 g/mol. The Balaban J connectivity index is 5.19. The van der Waals surface area contributed by atoms with Crippen molar-refractivity contribution < 1.29 is 80.2 Å². The molecule has 0 saturated carbocycles. The smallest absolute Gasteiger partial charge is 0.462 e. The van der Waals surface area contributed by atoms with E-state index in [4.69, 9.17) is 37.0 Å². The standard InChI is InChI=1S/C69H134O17P2/c1-7-9-11-13-15-26-35-41-47-53-68(73)85-64(57-79-66(71)51-45-39-31-14-12-10-8-2)59-83-87(75,76)81-55-63(70)56-82-88(77,78)84-60-65(58-80-67(72)52-46-40-34-29-24-21-20-23-28-33-38-44-50-62(5)6)86-69(74)54-48-42-36-30-25-19-17-16-18-22-27-32-37-43-49-61(3)4/h61-65,70H,7-60H2,1-6H3,(H,75,76)(H,77,78)/t63-,64+,65+/m0/s1. The first-order valence-electron chi connectivity index (χ1n) is 36.0. The van der Waals surface area contributed by atoms with Gasteiger partial charge in [0.1, 0.15) is 19.3 Å². The van der Waals surface area contributed by atoms with Crippen LogP contribution in [0.3, 0.4) is 0 Å². The number of rotatable bonds is 68. The molecule has 0 aromatic rings. The van der Waals surface area contributed by atoms with Crippen LogP contribution < -0.4 is 0 Å². The van der Waals surface area contributed by atoms with Crippen molar-refractivity contribution in [1.29, 1.82) is 0 Å². The molecule has 0 heterocycles. The molecule has 88 heavy (non-hydrogen) atoms. The lowest BCUT2D eigenvalue weighted by molar-refractivity contribution is -0.161. The third-order valence-corrected chi connectivity index (χ3v) is 17.9. The number of phosphoric ester groups is 2. The second kappa shape index (κ2) is 61.3. The van der Waals surface area contributed by atoms with Gasteiger partial charge in [-0.2, -0.15) is 0 Å². The van der Waals surface area contributed by atoms with E-state index >= 15 is 0 Å². The number of hydrogen-bond donors (Lipinski definition) is 3. The van der Waals surface area contributed by atoms with E-state index in [1.54, 1.807) is 0 Å². The van der Waals surface area contributed by atoms with Crippen molar-refractivity contribution in [1.82, 2.24) is 0 Å². The first-order valence-corrected chi connectivity index (χ1v) is 39.0. The quantitative estimate of drug-likeness (QED) is 0.0222. The zero-order chi connectivity index (χ0) is 65.0. The Bertz CT molecular complexity index is 1720. The number of hydrogen-bond acceptors (Lipinski definition) is 15. The third kappa shape index (κ3) is 62.8. The van der Waals surface area contributed by atoms with Gasteiger partial charge in [0.05, 0.1) is 26.4 Å². The van der Waals surface area contributed by atoms with Crippen LogP contribution >= 0.6 is 15.6 Å². The van der Waals surface area contributed by atoms with E-state index in [1.165, 1.54) is 154 Å². The second-order valence-corrected chi connectivity index (χ2v) is 28.8. The highest BCUT2D eigenvalue weighted by Gasteiger charge is 2.30. The molecule has 5 atom stereocenters. The van der Waals surface area contributed by atoms with Gasteiger partial charge in [-0.15, -0.1) is 0 Å². The molecule has 0 radical (unpaired) electrons. The van der Waals surface area contributed by atoms with Gasteiger partial charge < -0.3 is 33.8 Å². The largest absolute Gasteiger partial charge is 0.472 e. The van der Waals surface area contributed by atoms with Crippen molar-refractivity contribution in [2.45, 2.75) is 368 Å². The van der Waals surface area contributed by atoms with E-state index in [2.05, 4.69) is 41.5 Å². The van der Waals surface area contributed by atoms with Crippen molar-refractivity contribution >= 4 is 39.5 Å². The molecule has 0 fully saturated rings. The Labute approximate surface area is 537 Å². The van der Waals surface area contributed by atoms with Crippen LogP contribution in [0, 0.1) is 11.8 Å². The maximum absolute atomic E-state index is 13.0. The fourth-order valence-corrected chi connectivity index (χ4v) is 12.0. The van der Waals surface area contributed by atoms with Crippen molar-refractivity contribution in [2.75, 3.05) is 39.6 Å². The van der Waals surface area contributed by atoms with Crippen LogP contribution in [0.4, 0.5) is 0 Å². The van der Waals surface area contributed by atoms with Crippen LogP contribution in [0.1, 0.15) is 350 Å². The van der Waals surface area contributed by atoms with Gasteiger partial charge in [0.2, 0.25) is 0 Å². The van der Waals surface area contributed by atoms with E-state index in [0.717, 1.165) is 115 Å². The van der Waals surface area contributed by atoms with E-state index in [0.29, 0.717) is 25.7 Å². The minimum atomic E-state index is -4.95. The Morgan fingerprint density at radius 1 is 0.307 bits per heavy atom. The minimum Gasteiger partial charge on any atom is -0.462 e. The van der Waals surface area contributed by atoms with E-state index in [-0.39, 0.29) is 25.7 Å². The second-order valence-electron chi connectivity index (χ2n) is 25.9. The average Bonchev–Trinajstić information content (AvgIpc) is 3.60. The zero-order valence-corrected chi connectivity index (χ0v) is 58.8. The summed E-state index contributed by atoms with van der Waals surface area (Å²) >= 11 is 0. The molecular formula is C69H134O17P2. The highest BCUT2D eigenvalue weighted by molar-refractivity contribution is 7.47. The summed E-state index contributed by atoms with van der Waals surface area (Å²) < 4.78 is 68.1. The maximum atomic E-state index is 13.0. The van der Waals surface area contributed by atoms with Crippen molar-refractivity contribution in [3.8, 4) is 0 Å². The predicted molar refractivity (Wildman–Crippen MR) is 354 cm³/mol. The number of carbonyl (C=O) groups excluding carboxylic acids is 4. The molecule has 0 rings (SSSR count). The molecule has 522 valence electrons. The molecule has 19 heteroatoms. The van der Waals surface area contributed by atoms with E-state index in [1.807, 2.05) is 0 Å². The lowest BCUT2D eigenvalue weighted by atomic mass is 10.0. The lowest BCUT2D eigenvalue weighted by Gasteiger charge is -2.21. The number of phosphoric acid groups is 2. The minimum absolute atomic E-state index is 0.105. The summed E-state index contributed by atoms with van der Waals surface area (Å²) in [7, 11) is -9.89. The number of unbranched alkanes of at least 4 members (excludes halogenated alkanes) is 38. The first kappa shape index (κ1) is 86.1. The molecule has 17 nitrogen and oxygen atoms in total. The molecule has 0 aromatic carbocycles. The Morgan fingerprint density at radius 3 is 0.773 bits per heavy atom. The van der Waals surface area contributed by atoms with Gasteiger partial charge in [-0.3, -0.25) is 37.3 Å². The van der Waals surface area contributed by atoms with Crippen LogP contribution in [-0.2, 0) is 65.4 Å². The van der Waals surface area contributed by atoms with Crippen molar-refractivity contribution in [2.24, 2.45) is 11.8 Å². The molecule has 0 aliphatic rings. The topological polar surface area (TPSA) is 237 Å². The third-order valence-electron chi connectivity index (χ3n) is 16.0.